The largest absolute Gasteiger partial charge is 0.449 e. The Bertz CT molecular complexity index is 1240. The summed E-state index contributed by atoms with van der Waals surface area (Å²) in [5, 5.41) is 4.24. The van der Waals surface area contributed by atoms with Gasteiger partial charge in [0.15, 0.2) is 11.3 Å². The van der Waals surface area contributed by atoms with E-state index in [1.54, 1.807) is 6.07 Å². The van der Waals surface area contributed by atoms with Gasteiger partial charge in [-0.1, -0.05) is 23.7 Å². The Morgan fingerprint density at radius 3 is 2.90 bits per heavy atom. The van der Waals surface area contributed by atoms with Crippen LogP contribution in [-0.4, -0.2) is 47.1 Å². The van der Waals surface area contributed by atoms with Crippen LogP contribution in [-0.2, 0) is 11.3 Å². The molecule has 1 amide bonds. The zero-order chi connectivity index (χ0) is 20.7. The molecule has 1 fully saturated rings. The summed E-state index contributed by atoms with van der Waals surface area (Å²) in [4.78, 5) is 23.1. The van der Waals surface area contributed by atoms with Crippen LogP contribution in [0.4, 0.5) is 5.69 Å². The summed E-state index contributed by atoms with van der Waals surface area (Å²) < 4.78 is 11.2. The number of aromatic nitrogens is 2. The molecule has 2 aromatic heterocycles. The van der Waals surface area contributed by atoms with Crippen molar-refractivity contribution < 1.29 is 13.9 Å². The van der Waals surface area contributed by atoms with E-state index >= 15 is 0 Å². The van der Waals surface area contributed by atoms with Gasteiger partial charge in [0, 0.05) is 29.7 Å². The molecule has 0 radical (unpaired) electrons. The molecule has 3 heterocycles. The SMILES string of the molecule is Cc1c(C(=O)Nc2ccc3nc(CN4CCOCC4)[nH]c3c2)oc2c(Cl)cccc12. The molecule has 2 N–H and O–H groups in total. The minimum Gasteiger partial charge on any atom is -0.449 e. The average Bonchev–Trinajstić information content (AvgIpc) is 3.30. The Hall–Kier alpha value is -2.87. The number of hydrogen-bond acceptors (Lipinski definition) is 5. The molecule has 0 unspecified atom stereocenters. The zero-order valence-electron chi connectivity index (χ0n) is 16.5. The van der Waals surface area contributed by atoms with Gasteiger partial charge in [0.05, 0.1) is 35.8 Å². The molecule has 1 aliphatic heterocycles. The van der Waals surface area contributed by atoms with E-state index in [4.69, 9.17) is 20.8 Å². The lowest BCUT2D eigenvalue weighted by atomic mass is 10.1. The number of benzene rings is 2. The zero-order valence-corrected chi connectivity index (χ0v) is 17.3. The van der Waals surface area contributed by atoms with Crippen LogP contribution in [0.3, 0.4) is 0 Å². The normalized spacial score (nSPS) is 15.1. The third-order valence-corrected chi connectivity index (χ3v) is 5.69. The van der Waals surface area contributed by atoms with Crippen molar-refractivity contribution in [1.29, 1.82) is 0 Å². The molecule has 0 spiro atoms. The van der Waals surface area contributed by atoms with E-state index < -0.39 is 0 Å². The Balaban J connectivity index is 1.36. The lowest BCUT2D eigenvalue weighted by Gasteiger charge is -2.25. The number of hydrogen-bond donors (Lipinski definition) is 2. The molecule has 154 valence electrons. The summed E-state index contributed by atoms with van der Waals surface area (Å²) in [7, 11) is 0. The third kappa shape index (κ3) is 3.56. The van der Waals surface area contributed by atoms with E-state index in [0.717, 1.165) is 60.7 Å². The number of amides is 1. The summed E-state index contributed by atoms with van der Waals surface area (Å²) in [6.07, 6.45) is 0. The number of H-pyrrole nitrogens is 1. The first-order valence-electron chi connectivity index (χ1n) is 9.86. The van der Waals surface area contributed by atoms with Crippen molar-refractivity contribution in [3.05, 3.63) is 58.6 Å². The molecule has 5 rings (SSSR count). The molecule has 1 aliphatic rings. The first-order valence-corrected chi connectivity index (χ1v) is 10.2. The van der Waals surface area contributed by atoms with E-state index in [2.05, 4.69) is 20.2 Å². The van der Waals surface area contributed by atoms with Crippen molar-refractivity contribution in [2.45, 2.75) is 13.5 Å². The van der Waals surface area contributed by atoms with Gasteiger partial charge in [-0.2, -0.15) is 0 Å². The summed E-state index contributed by atoms with van der Waals surface area (Å²) in [5.74, 6) is 0.848. The van der Waals surface area contributed by atoms with E-state index in [0.29, 0.717) is 16.3 Å². The Kier molecular flexibility index (Phi) is 4.94. The molecule has 0 aliphatic carbocycles. The molecule has 2 aromatic carbocycles. The Morgan fingerprint density at radius 1 is 1.27 bits per heavy atom. The summed E-state index contributed by atoms with van der Waals surface area (Å²) in [6, 6.07) is 11.1. The summed E-state index contributed by atoms with van der Waals surface area (Å²) in [6.45, 7) is 5.91. The van der Waals surface area contributed by atoms with E-state index in [-0.39, 0.29) is 11.7 Å². The van der Waals surface area contributed by atoms with Gasteiger partial charge in [0.2, 0.25) is 0 Å². The number of imidazole rings is 1. The number of carbonyl (C=O) groups excluding carboxylic acids is 1. The second-order valence-corrected chi connectivity index (χ2v) is 7.84. The van der Waals surface area contributed by atoms with Gasteiger partial charge in [0.1, 0.15) is 5.82 Å². The van der Waals surface area contributed by atoms with E-state index in [9.17, 15) is 4.79 Å². The summed E-state index contributed by atoms with van der Waals surface area (Å²) >= 11 is 6.20. The lowest BCUT2D eigenvalue weighted by molar-refractivity contribution is 0.0332. The van der Waals surface area contributed by atoms with Crippen molar-refractivity contribution in [2.24, 2.45) is 0 Å². The number of carbonyl (C=O) groups is 1. The van der Waals surface area contributed by atoms with Crippen molar-refractivity contribution in [3.63, 3.8) is 0 Å². The van der Waals surface area contributed by atoms with E-state index in [1.807, 2.05) is 37.3 Å². The molecule has 7 nitrogen and oxygen atoms in total. The second-order valence-electron chi connectivity index (χ2n) is 7.43. The molecule has 0 bridgehead atoms. The monoisotopic (exact) mass is 424 g/mol. The second kappa shape index (κ2) is 7.75. The van der Waals surface area contributed by atoms with Gasteiger partial charge in [-0.05, 0) is 31.2 Å². The lowest BCUT2D eigenvalue weighted by Crippen LogP contribution is -2.35. The predicted octanol–water partition coefficient (Wildman–Crippen LogP) is 4.36. The molecule has 8 heteroatoms. The van der Waals surface area contributed by atoms with Crippen LogP contribution >= 0.6 is 11.6 Å². The Labute approximate surface area is 178 Å². The highest BCUT2D eigenvalue weighted by Crippen LogP contribution is 2.31. The van der Waals surface area contributed by atoms with Crippen LogP contribution in [0.25, 0.3) is 22.0 Å². The molecule has 0 atom stereocenters. The van der Waals surface area contributed by atoms with Crippen molar-refractivity contribution >= 4 is 45.2 Å². The van der Waals surface area contributed by atoms with Gasteiger partial charge < -0.3 is 19.5 Å². The molecule has 1 saturated heterocycles. The maximum Gasteiger partial charge on any atom is 0.291 e. The Morgan fingerprint density at radius 2 is 2.10 bits per heavy atom. The fourth-order valence-corrected chi connectivity index (χ4v) is 4.01. The first kappa shape index (κ1) is 19.1. The predicted molar refractivity (Wildman–Crippen MR) is 116 cm³/mol. The van der Waals surface area contributed by atoms with Gasteiger partial charge >= 0.3 is 0 Å². The summed E-state index contributed by atoms with van der Waals surface area (Å²) in [5.41, 5.74) is 3.70. The highest BCUT2D eigenvalue weighted by molar-refractivity contribution is 6.35. The van der Waals surface area contributed by atoms with Crippen LogP contribution in [0.5, 0.6) is 0 Å². The van der Waals surface area contributed by atoms with Crippen LogP contribution in [0, 0.1) is 6.92 Å². The number of aromatic amines is 1. The maximum atomic E-state index is 12.8. The maximum absolute atomic E-state index is 12.8. The number of anilines is 1. The smallest absolute Gasteiger partial charge is 0.291 e. The number of nitrogens with zero attached hydrogens (tertiary/aromatic N) is 2. The number of morpholine rings is 1. The molecular formula is C22H21ClN4O3. The van der Waals surface area contributed by atoms with Gasteiger partial charge in [-0.3, -0.25) is 9.69 Å². The van der Waals surface area contributed by atoms with Crippen molar-refractivity contribution in [1.82, 2.24) is 14.9 Å². The highest BCUT2D eigenvalue weighted by atomic mass is 35.5. The third-order valence-electron chi connectivity index (χ3n) is 5.39. The average molecular weight is 425 g/mol. The fourth-order valence-electron chi connectivity index (χ4n) is 3.80. The molecule has 30 heavy (non-hydrogen) atoms. The van der Waals surface area contributed by atoms with Gasteiger partial charge in [0.25, 0.3) is 5.91 Å². The van der Waals surface area contributed by atoms with Gasteiger partial charge in [-0.15, -0.1) is 0 Å². The fraction of sp³-hybridized carbons (Fsp3) is 0.273. The van der Waals surface area contributed by atoms with Crippen molar-refractivity contribution in [3.8, 4) is 0 Å². The number of halogens is 1. The number of fused-ring (bicyclic) bond motifs is 2. The van der Waals surface area contributed by atoms with Crippen LogP contribution < -0.4 is 5.32 Å². The first-order chi connectivity index (χ1) is 14.6. The van der Waals surface area contributed by atoms with Crippen LogP contribution in [0.15, 0.2) is 40.8 Å². The molecular weight excluding hydrogens is 404 g/mol. The molecule has 4 aromatic rings. The number of furan rings is 1. The topological polar surface area (TPSA) is 83.4 Å². The number of rotatable bonds is 4. The minimum absolute atomic E-state index is 0.260. The number of para-hydroxylation sites is 1. The standard InChI is InChI=1S/C22H21ClN4O3/c1-13-15-3-2-4-16(23)21(15)30-20(13)22(28)24-14-5-6-17-18(11-14)26-19(25-17)12-27-7-9-29-10-8-27/h2-6,11H,7-10,12H2,1H3,(H,24,28)(H,25,26). The number of ether oxygens (including phenoxy) is 1. The number of aryl methyl sites for hydroxylation is 1. The number of nitrogens with one attached hydrogen (secondary N) is 2. The highest BCUT2D eigenvalue weighted by Gasteiger charge is 2.19. The molecule has 0 saturated carbocycles. The minimum atomic E-state index is -0.313. The van der Waals surface area contributed by atoms with Gasteiger partial charge in [-0.25, -0.2) is 4.98 Å². The van der Waals surface area contributed by atoms with E-state index in [1.165, 1.54) is 0 Å². The van der Waals surface area contributed by atoms with Crippen LogP contribution in [0.2, 0.25) is 5.02 Å². The van der Waals surface area contributed by atoms with Crippen molar-refractivity contribution in [2.75, 3.05) is 31.6 Å². The quantitative estimate of drug-likeness (QED) is 0.508. The van der Waals surface area contributed by atoms with Crippen LogP contribution in [0.1, 0.15) is 21.9 Å².